The fourth-order valence-corrected chi connectivity index (χ4v) is 2.93. The van der Waals surface area contributed by atoms with Gasteiger partial charge in [-0.1, -0.05) is 6.92 Å². The van der Waals surface area contributed by atoms with Gasteiger partial charge in [0, 0.05) is 36.9 Å². The average molecular weight is 326 g/mol. The molecular weight excluding hydrogens is 308 g/mol. The third-order valence-corrected chi connectivity index (χ3v) is 4.59. The Morgan fingerprint density at radius 1 is 1.14 bits per heavy atom. The van der Waals surface area contributed by atoms with Crippen LogP contribution >= 0.6 is 12.0 Å². The lowest BCUT2D eigenvalue weighted by Gasteiger charge is -2.18. The molecule has 4 amide bonds. The zero-order chi connectivity index (χ0) is 16.3. The van der Waals surface area contributed by atoms with Crippen molar-refractivity contribution in [3.63, 3.8) is 0 Å². The molecule has 0 radical (unpaired) electrons. The molecule has 0 bridgehead atoms. The van der Waals surface area contributed by atoms with E-state index in [0.717, 1.165) is 4.90 Å². The van der Waals surface area contributed by atoms with Crippen LogP contribution in [0.1, 0.15) is 26.2 Å². The molecule has 2 atom stereocenters. The van der Waals surface area contributed by atoms with Gasteiger partial charge in [-0.25, -0.2) is 0 Å². The molecule has 2 aliphatic heterocycles. The van der Waals surface area contributed by atoms with Crippen molar-refractivity contribution in [2.24, 2.45) is 5.92 Å². The van der Waals surface area contributed by atoms with E-state index in [0.29, 0.717) is 24.9 Å². The molecule has 0 aromatic rings. The second-order valence-electron chi connectivity index (χ2n) is 5.37. The van der Waals surface area contributed by atoms with Gasteiger partial charge in [0.25, 0.3) is 11.8 Å². The van der Waals surface area contributed by atoms with Gasteiger partial charge in [-0.15, -0.1) is 0 Å². The largest absolute Gasteiger partial charge is 0.330 e. The van der Waals surface area contributed by atoms with Crippen LogP contribution in [0.25, 0.3) is 0 Å². The Hall–Kier alpha value is -1.67. The van der Waals surface area contributed by atoms with Crippen molar-refractivity contribution in [1.82, 2.24) is 9.80 Å². The van der Waals surface area contributed by atoms with Gasteiger partial charge in [0.05, 0.1) is 5.92 Å². The number of rotatable bonds is 7. The highest BCUT2D eigenvalue weighted by molar-refractivity contribution is 7.94. The molecule has 7 nitrogen and oxygen atoms in total. The van der Waals surface area contributed by atoms with E-state index in [9.17, 15) is 19.2 Å². The first-order valence-electron chi connectivity index (χ1n) is 7.13. The van der Waals surface area contributed by atoms with Crippen LogP contribution in [-0.2, 0) is 19.2 Å². The van der Waals surface area contributed by atoms with E-state index in [-0.39, 0.29) is 48.4 Å². The number of carbonyl (C=O) groups is 4. The molecule has 2 aliphatic rings. The summed E-state index contributed by atoms with van der Waals surface area (Å²) >= 11 is 0.587. The minimum absolute atomic E-state index is 0.126. The molecule has 22 heavy (non-hydrogen) atoms. The fourth-order valence-electron chi connectivity index (χ4n) is 2.58. The molecule has 0 aromatic carbocycles. The molecule has 0 aliphatic carbocycles. The maximum absolute atomic E-state index is 12.1. The summed E-state index contributed by atoms with van der Waals surface area (Å²) in [7, 11) is 0. The standard InChI is InChI=1S/C14H18N2O5S/c1-9(22-21)10-8-13(19)16(14(10)20)7-3-2-6-15-11(17)4-5-12(15)18/h4-5,9-10,21H,2-3,6-8H2,1H3. The lowest BCUT2D eigenvalue weighted by molar-refractivity contribution is -0.140. The molecular formula is C14H18N2O5S. The number of hydrogen-bond donors (Lipinski definition) is 1. The molecule has 120 valence electrons. The predicted octanol–water partition coefficient (Wildman–Crippen LogP) is 0.661. The highest BCUT2D eigenvalue weighted by atomic mass is 32.2. The monoisotopic (exact) mass is 326 g/mol. The summed E-state index contributed by atoms with van der Waals surface area (Å²) in [6, 6.07) is 0. The van der Waals surface area contributed by atoms with E-state index in [1.807, 2.05) is 0 Å². The van der Waals surface area contributed by atoms with Gasteiger partial charge in [0.15, 0.2) is 0 Å². The maximum atomic E-state index is 12.1. The molecule has 2 rings (SSSR count). The van der Waals surface area contributed by atoms with E-state index >= 15 is 0 Å². The van der Waals surface area contributed by atoms with Crippen LogP contribution in [0, 0.1) is 5.92 Å². The fraction of sp³-hybridized carbons (Fsp3) is 0.571. The van der Waals surface area contributed by atoms with Crippen LogP contribution in [0.2, 0.25) is 0 Å². The van der Waals surface area contributed by atoms with Crippen LogP contribution in [-0.4, -0.2) is 56.3 Å². The molecule has 0 spiro atoms. The molecule has 0 saturated carbocycles. The van der Waals surface area contributed by atoms with E-state index in [4.69, 9.17) is 4.55 Å². The van der Waals surface area contributed by atoms with Crippen molar-refractivity contribution in [2.45, 2.75) is 31.4 Å². The van der Waals surface area contributed by atoms with Crippen molar-refractivity contribution in [1.29, 1.82) is 0 Å². The van der Waals surface area contributed by atoms with Gasteiger partial charge >= 0.3 is 0 Å². The van der Waals surface area contributed by atoms with E-state index in [1.54, 1.807) is 6.92 Å². The Bertz CT molecular complexity index is 515. The minimum atomic E-state index is -0.478. The second-order valence-corrected chi connectivity index (χ2v) is 6.33. The van der Waals surface area contributed by atoms with Gasteiger partial charge in [0.1, 0.15) is 0 Å². The normalized spacial score (nSPS) is 23.1. The zero-order valence-corrected chi connectivity index (χ0v) is 13.0. The zero-order valence-electron chi connectivity index (χ0n) is 12.2. The van der Waals surface area contributed by atoms with Crippen molar-refractivity contribution in [2.75, 3.05) is 13.1 Å². The highest BCUT2D eigenvalue weighted by Gasteiger charge is 2.41. The van der Waals surface area contributed by atoms with Crippen LogP contribution in [0.4, 0.5) is 0 Å². The summed E-state index contributed by atoms with van der Waals surface area (Å²) < 4.78 is 9.03. The van der Waals surface area contributed by atoms with Crippen molar-refractivity contribution < 1.29 is 23.7 Å². The Morgan fingerprint density at radius 3 is 2.23 bits per heavy atom. The predicted molar refractivity (Wildman–Crippen MR) is 79.6 cm³/mol. The summed E-state index contributed by atoms with van der Waals surface area (Å²) in [5.74, 6) is -1.62. The van der Waals surface area contributed by atoms with Crippen LogP contribution < -0.4 is 0 Å². The molecule has 8 heteroatoms. The molecule has 0 aromatic heterocycles. The smallest absolute Gasteiger partial charge is 0.253 e. The number of carbonyl (C=O) groups excluding carboxylic acids is 4. The topological polar surface area (TPSA) is 95.0 Å². The summed E-state index contributed by atoms with van der Waals surface area (Å²) in [4.78, 5) is 49.1. The first-order valence-corrected chi connectivity index (χ1v) is 7.97. The van der Waals surface area contributed by atoms with Crippen LogP contribution in [0.5, 0.6) is 0 Å². The quantitative estimate of drug-likeness (QED) is 0.419. The van der Waals surface area contributed by atoms with Crippen LogP contribution in [0.15, 0.2) is 12.2 Å². The Balaban J connectivity index is 1.77. The summed E-state index contributed by atoms with van der Waals surface area (Å²) in [6.07, 6.45) is 3.65. The van der Waals surface area contributed by atoms with Gasteiger partial charge in [-0.2, -0.15) is 0 Å². The van der Waals surface area contributed by atoms with Crippen LogP contribution in [0.3, 0.4) is 0 Å². The number of nitrogens with zero attached hydrogens (tertiary/aromatic N) is 2. The molecule has 1 fully saturated rings. The first kappa shape index (κ1) is 16.7. The minimum Gasteiger partial charge on any atom is -0.330 e. The van der Waals surface area contributed by atoms with Gasteiger partial charge in [-0.05, 0) is 24.9 Å². The number of likely N-dealkylation sites (tertiary alicyclic amines) is 1. The molecule has 1 N–H and O–H groups in total. The number of imide groups is 2. The SMILES string of the molecule is CC(SO)C1CC(=O)N(CCCCN2C(=O)C=CC2=O)C1=O. The highest BCUT2D eigenvalue weighted by Crippen LogP contribution is 2.28. The lowest BCUT2D eigenvalue weighted by Crippen LogP contribution is -2.34. The Kier molecular flexibility index (Phi) is 5.36. The summed E-state index contributed by atoms with van der Waals surface area (Å²) in [6.45, 7) is 2.27. The number of unbranched alkanes of at least 4 members (excludes halogenated alkanes) is 1. The van der Waals surface area contributed by atoms with Gasteiger partial charge < -0.3 is 4.55 Å². The Morgan fingerprint density at radius 2 is 1.68 bits per heavy atom. The maximum Gasteiger partial charge on any atom is 0.253 e. The van der Waals surface area contributed by atoms with E-state index < -0.39 is 5.92 Å². The first-order chi connectivity index (χ1) is 10.5. The van der Waals surface area contributed by atoms with Crippen molar-refractivity contribution in [3.05, 3.63) is 12.2 Å². The summed E-state index contributed by atoms with van der Waals surface area (Å²) in [5.41, 5.74) is 0. The average Bonchev–Trinajstić information content (AvgIpc) is 2.96. The van der Waals surface area contributed by atoms with Crippen molar-refractivity contribution >= 4 is 35.7 Å². The van der Waals surface area contributed by atoms with Gasteiger partial charge in [-0.3, -0.25) is 29.0 Å². The van der Waals surface area contributed by atoms with E-state index in [2.05, 4.69) is 0 Å². The van der Waals surface area contributed by atoms with E-state index in [1.165, 1.54) is 17.1 Å². The number of hydrogen-bond acceptors (Lipinski definition) is 6. The molecule has 2 unspecified atom stereocenters. The third-order valence-electron chi connectivity index (χ3n) is 3.93. The Labute approximate surface area is 132 Å². The number of amides is 4. The van der Waals surface area contributed by atoms with Gasteiger partial charge in [0.2, 0.25) is 11.8 Å². The molecule has 2 heterocycles. The second kappa shape index (κ2) is 7.06. The summed E-state index contributed by atoms with van der Waals surface area (Å²) in [5, 5.41) is -0.313. The lowest BCUT2D eigenvalue weighted by atomic mass is 10.1. The van der Waals surface area contributed by atoms with Crippen molar-refractivity contribution in [3.8, 4) is 0 Å². The molecule has 1 saturated heterocycles. The third kappa shape index (κ3) is 3.38.